The standard InChI is InChI=1S/C12H16Cl2N2O/c1-3-7-15-12(17)8(2)16-11-9(13)5-4-6-10(11)14/h4-6,8,16H,3,7H2,1-2H3,(H,15,17). The molecule has 1 aromatic carbocycles. The van der Waals surface area contributed by atoms with Crippen LogP contribution in [-0.2, 0) is 4.79 Å². The lowest BCUT2D eigenvalue weighted by molar-refractivity contribution is -0.121. The number of nitrogens with one attached hydrogen (secondary N) is 2. The van der Waals surface area contributed by atoms with Gasteiger partial charge in [0.25, 0.3) is 0 Å². The first-order valence-electron chi connectivity index (χ1n) is 5.54. The van der Waals surface area contributed by atoms with Crippen molar-refractivity contribution in [2.24, 2.45) is 0 Å². The molecular formula is C12H16Cl2N2O. The summed E-state index contributed by atoms with van der Waals surface area (Å²) in [5, 5.41) is 6.83. The fourth-order valence-electron chi connectivity index (χ4n) is 1.32. The molecule has 5 heteroatoms. The lowest BCUT2D eigenvalue weighted by Crippen LogP contribution is -2.38. The molecule has 0 heterocycles. The van der Waals surface area contributed by atoms with Crippen LogP contribution < -0.4 is 10.6 Å². The Morgan fingerprint density at radius 3 is 2.47 bits per heavy atom. The van der Waals surface area contributed by atoms with Crippen LogP contribution in [0.25, 0.3) is 0 Å². The smallest absolute Gasteiger partial charge is 0.242 e. The molecular weight excluding hydrogens is 259 g/mol. The number of anilines is 1. The number of amides is 1. The second-order valence-electron chi connectivity index (χ2n) is 3.75. The van der Waals surface area contributed by atoms with Gasteiger partial charge in [-0.05, 0) is 25.5 Å². The van der Waals surface area contributed by atoms with Crippen LogP contribution in [-0.4, -0.2) is 18.5 Å². The van der Waals surface area contributed by atoms with Gasteiger partial charge in [-0.25, -0.2) is 0 Å². The Kier molecular flexibility index (Phi) is 5.59. The van der Waals surface area contributed by atoms with E-state index in [2.05, 4.69) is 10.6 Å². The highest BCUT2D eigenvalue weighted by molar-refractivity contribution is 6.39. The summed E-state index contributed by atoms with van der Waals surface area (Å²) in [6.45, 7) is 4.44. The Labute approximate surface area is 111 Å². The van der Waals surface area contributed by atoms with E-state index in [1.807, 2.05) is 6.92 Å². The van der Waals surface area contributed by atoms with Crippen molar-refractivity contribution in [1.82, 2.24) is 5.32 Å². The Morgan fingerprint density at radius 1 is 1.35 bits per heavy atom. The van der Waals surface area contributed by atoms with Gasteiger partial charge in [0.15, 0.2) is 0 Å². The molecule has 1 rings (SSSR count). The molecule has 1 amide bonds. The molecule has 0 bridgehead atoms. The molecule has 0 fully saturated rings. The summed E-state index contributed by atoms with van der Waals surface area (Å²) in [6, 6.07) is 4.84. The first-order chi connectivity index (χ1) is 8.06. The summed E-state index contributed by atoms with van der Waals surface area (Å²) in [6.07, 6.45) is 0.908. The fraction of sp³-hybridized carbons (Fsp3) is 0.417. The molecule has 0 spiro atoms. The molecule has 1 atom stereocenters. The van der Waals surface area contributed by atoms with Crippen molar-refractivity contribution in [1.29, 1.82) is 0 Å². The highest BCUT2D eigenvalue weighted by Gasteiger charge is 2.14. The Bertz CT molecular complexity index is 376. The van der Waals surface area contributed by atoms with Crippen molar-refractivity contribution in [2.45, 2.75) is 26.3 Å². The number of carbonyl (C=O) groups is 1. The van der Waals surface area contributed by atoms with E-state index >= 15 is 0 Å². The molecule has 0 saturated heterocycles. The average Bonchev–Trinajstić information content (AvgIpc) is 2.30. The van der Waals surface area contributed by atoms with E-state index in [0.717, 1.165) is 6.42 Å². The minimum absolute atomic E-state index is 0.0668. The molecule has 0 aliphatic heterocycles. The predicted molar refractivity (Wildman–Crippen MR) is 72.8 cm³/mol. The van der Waals surface area contributed by atoms with Gasteiger partial charge in [0.1, 0.15) is 6.04 Å². The summed E-state index contributed by atoms with van der Waals surface area (Å²) >= 11 is 12.0. The summed E-state index contributed by atoms with van der Waals surface area (Å²) in [5.74, 6) is -0.0668. The second-order valence-corrected chi connectivity index (χ2v) is 4.57. The number of carbonyl (C=O) groups excluding carboxylic acids is 1. The molecule has 0 aromatic heterocycles. The largest absolute Gasteiger partial charge is 0.371 e. The Hall–Kier alpha value is -0.930. The van der Waals surface area contributed by atoms with E-state index in [1.54, 1.807) is 25.1 Å². The number of hydrogen-bond donors (Lipinski definition) is 2. The molecule has 0 aliphatic rings. The normalized spacial score (nSPS) is 12.0. The van der Waals surface area contributed by atoms with Crippen LogP contribution in [0.3, 0.4) is 0 Å². The Balaban J connectivity index is 2.67. The van der Waals surface area contributed by atoms with Gasteiger partial charge in [0, 0.05) is 6.54 Å². The molecule has 94 valence electrons. The lowest BCUT2D eigenvalue weighted by atomic mass is 10.2. The van der Waals surface area contributed by atoms with E-state index in [-0.39, 0.29) is 11.9 Å². The van der Waals surface area contributed by atoms with Gasteiger partial charge in [-0.1, -0.05) is 36.2 Å². The van der Waals surface area contributed by atoms with Gasteiger partial charge >= 0.3 is 0 Å². The second kappa shape index (κ2) is 6.72. The Morgan fingerprint density at radius 2 is 1.94 bits per heavy atom. The monoisotopic (exact) mass is 274 g/mol. The average molecular weight is 275 g/mol. The SMILES string of the molecule is CCCNC(=O)C(C)Nc1c(Cl)cccc1Cl. The molecule has 0 radical (unpaired) electrons. The maximum atomic E-state index is 11.7. The predicted octanol–water partition coefficient (Wildman–Crippen LogP) is 3.32. The number of hydrogen-bond acceptors (Lipinski definition) is 2. The maximum Gasteiger partial charge on any atom is 0.242 e. The van der Waals surface area contributed by atoms with Crippen molar-refractivity contribution < 1.29 is 4.79 Å². The fourth-order valence-corrected chi connectivity index (χ4v) is 1.83. The summed E-state index contributed by atoms with van der Waals surface area (Å²) in [7, 11) is 0. The van der Waals surface area contributed by atoms with Gasteiger partial charge in [0.05, 0.1) is 15.7 Å². The first-order valence-corrected chi connectivity index (χ1v) is 6.30. The van der Waals surface area contributed by atoms with Crippen LogP contribution in [0.4, 0.5) is 5.69 Å². The van der Waals surface area contributed by atoms with Crippen LogP contribution in [0.5, 0.6) is 0 Å². The van der Waals surface area contributed by atoms with Crippen molar-refractivity contribution in [3.8, 4) is 0 Å². The van der Waals surface area contributed by atoms with E-state index in [1.165, 1.54) is 0 Å². The molecule has 0 aliphatic carbocycles. The van der Waals surface area contributed by atoms with Gasteiger partial charge in [0.2, 0.25) is 5.91 Å². The van der Waals surface area contributed by atoms with Crippen molar-refractivity contribution in [3.05, 3.63) is 28.2 Å². The maximum absolute atomic E-state index is 11.7. The third kappa shape index (κ3) is 4.10. The number of benzene rings is 1. The van der Waals surface area contributed by atoms with Gasteiger partial charge in [-0.15, -0.1) is 0 Å². The quantitative estimate of drug-likeness (QED) is 0.865. The van der Waals surface area contributed by atoms with Crippen LogP contribution >= 0.6 is 23.2 Å². The van der Waals surface area contributed by atoms with Gasteiger partial charge in [-0.3, -0.25) is 4.79 Å². The summed E-state index contributed by atoms with van der Waals surface area (Å²) in [5.41, 5.74) is 0.593. The van der Waals surface area contributed by atoms with Crippen molar-refractivity contribution >= 4 is 34.8 Å². The third-order valence-electron chi connectivity index (χ3n) is 2.27. The first kappa shape index (κ1) is 14.1. The molecule has 0 saturated carbocycles. The van der Waals surface area contributed by atoms with E-state index < -0.39 is 0 Å². The minimum atomic E-state index is -0.376. The minimum Gasteiger partial charge on any atom is -0.371 e. The topological polar surface area (TPSA) is 41.1 Å². The van der Waals surface area contributed by atoms with E-state index in [0.29, 0.717) is 22.3 Å². The summed E-state index contributed by atoms with van der Waals surface area (Å²) < 4.78 is 0. The number of halogens is 2. The van der Waals surface area contributed by atoms with Gasteiger partial charge < -0.3 is 10.6 Å². The highest BCUT2D eigenvalue weighted by Crippen LogP contribution is 2.30. The zero-order chi connectivity index (χ0) is 12.8. The van der Waals surface area contributed by atoms with Crippen molar-refractivity contribution in [2.75, 3.05) is 11.9 Å². The zero-order valence-electron chi connectivity index (χ0n) is 9.89. The van der Waals surface area contributed by atoms with E-state index in [4.69, 9.17) is 23.2 Å². The zero-order valence-corrected chi connectivity index (χ0v) is 11.4. The molecule has 3 nitrogen and oxygen atoms in total. The molecule has 2 N–H and O–H groups in total. The molecule has 1 aromatic rings. The van der Waals surface area contributed by atoms with E-state index in [9.17, 15) is 4.79 Å². The highest BCUT2D eigenvalue weighted by atomic mass is 35.5. The van der Waals surface area contributed by atoms with Crippen LogP contribution in [0.2, 0.25) is 10.0 Å². The third-order valence-corrected chi connectivity index (χ3v) is 2.90. The summed E-state index contributed by atoms with van der Waals surface area (Å²) in [4.78, 5) is 11.7. The molecule has 1 unspecified atom stereocenters. The van der Waals surface area contributed by atoms with Crippen LogP contribution in [0.1, 0.15) is 20.3 Å². The van der Waals surface area contributed by atoms with Crippen LogP contribution in [0, 0.1) is 0 Å². The van der Waals surface area contributed by atoms with Gasteiger partial charge in [-0.2, -0.15) is 0 Å². The number of rotatable bonds is 5. The number of para-hydroxylation sites is 1. The molecule has 17 heavy (non-hydrogen) atoms. The van der Waals surface area contributed by atoms with Crippen molar-refractivity contribution in [3.63, 3.8) is 0 Å². The van der Waals surface area contributed by atoms with Crippen LogP contribution in [0.15, 0.2) is 18.2 Å². The lowest BCUT2D eigenvalue weighted by Gasteiger charge is -2.17.